The predicted octanol–water partition coefficient (Wildman–Crippen LogP) is 2.91. The molecule has 2 aromatic carbocycles. The number of amides is 2. The second-order valence-electron chi connectivity index (χ2n) is 7.53. The Morgan fingerprint density at radius 3 is 2.30 bits per heavy atom. The van der Waals surface area contributed by atoms with E-state index in [9.17, 15) is 9.59 Å². The quantitative estimate of drug-likeness (QED) is 0.687. The van der Waals surface area contributed by atoms with Crippen LogP contribution in [0.25, 0.3) is 0 Å². The Morgan fingerprint density at radius 1 is 1.00 bits per heavy atom. The molecule has 1 saturated heterocycles. The molecule has 1 aliphatic heterocycles. The molecule has 0 aromatic heterocycles. The van der Waals surface area contributed by atoms with Crippen LogP contribution in [-0.2, 0) is 9.53 Å². The summed E-state index contributed by atoms with van der Waals surface area (Å²) in [5, 5.41) is 5.81. The first kappa shape index (κ1) is 21.6. The normalized spacial score (nSPS) is 15.3. The molecule has 1 aliphatic rings. The number of anilines is 2. The summed E-state index contributed by atoms with van der Waals surface area (Å²) in [5.74, 6) is 0.0486. The lowest BCUT2D eigenvalue weighted by Gasteiger charge is -2.35. The summed E-state index contributed by atoms with van der Waals surface area (Å²) in [4.78, 5) is 28.0. The van der Waals surface area contributed by atoms with Gasteiger partial charge in [-0.25, -0.2) is 4.79 Å². The van der Waals surface area contributed by atoms with Gasteiger partial charge < -0.3 is 20.3 Å². The molecule has 1 heterocycles. The van der Waals surface area contributed by atoms with Crippen LogP contribution in [0.3, 0.4) is 0 Å². The summed E-state index contributed by atoms with van der Waals surface area (Å²) in [7, 11) is 1.41. The van der Waals surface area contributed by atoms with E-state index in [1.54, 1.807) is 0 Å². The van der Waals surface area contributed by atoms with Crippen LogP contribution in [0.5, 0.6) is 0 Å². The third-order valence-electron chi connectivity index (χ3n) is 5.38. The number of hydrogen-bond donors (Lipinski definition) is 2. The first-order chi connectivity index (χ1) is 14.5. The average Bonchev–Trinajstić information content (AvgIpc) is 2.79. The number of methoxy groups -OCH3 is 1. The number of hydrogen-bond acceptors (Lipinski definition) is 5. The van der Waals surface area contributed by atoms with Crippen LogP contribution >= 0.6 is 0 Å². The van der Waals surface area contributed by atoms with Crippen molar-refractivity contribution in [1.82, 2.24) is 10.2 Å². The molecular weight excluding hydrogens is 380 g/mol. The SMILES string of the molecule is COC(=O)CN1CCN(c2ccc(NC(=O)NCC(C)c3ccccc3)cc2)CC1. The number of carbonyl (C=O) groups excluding carboxylic acids is 2. The lowest BCUT2D eigenvalue weighted by Crippen LogP contribution is -2.48. The number of ether oxygens (including phenoxy) is 1. The van der Waals surface area contributed by atoms with Crippen LogP contribution in [0.2, 0.25) is 0 Å². The zero-order valence-corrected chi connectivity index (χ0v) is 17.6. The van der Waals surface area contributed by atoms with Crippen molar-refractivity contribution in [2.24, 2.45) is 0 Å². The molecule has 1 fully saturated rings. The largest absolute Gasteiger partial charge is 0.468 e. The second-order valence-corrected chi connectivity index (χ2v) is 7.53. The van der Waals surface area contributed by atoms with Crippen molar-refractivity contribution in [3.8, 4) is 0 Å². The van der Waals surface area contributed by atoms with Crippen LogP contribution in [0.4, 0.5) is 16.2 Å². The van der Waals surface area contributed by atoms with E-state index in [0.717, 1.165) is 37.6 Å². The minimum Gasteiger partial charge on any atom is -0.468 e. The van der Waals surface area contributed by atoms with E-state index in [0.29, 0.717) is 13.1 Å². The maximum absolute atomic E-state index is 12.2. The first-order valence-corrected chi connectivity index (χ1v) is 10.3. The van der Waals surface area contributed by atoms with Gasteiger partial charge in [0.25, 0.3) is 0 Å². The van der Waals surface area contributed by atoms with Gasteiger partial charge in [-0.3, -0.25) is 9.69 Å². The molecule has 160 valence electrons. The van der Waals surface area contributed by atoms with E-state index in [2.05, 4.69) is 39.5 Å². The van der Waals surface area contributed by atoms with E-state index in [-0.39, 0.29) is 17.9 Å². The highest BCUT2D eigenvalue weighted by atomic mass is 16.5. The van der Waals surface area contributed by atoms with Crippen LogP contribution in [0, 0.1) is 0 Å². The summed E-state index contributed by atoms with van der Waals surface area (Å²) < 4.78 is 4.73. The van der Waals surface area contributed by atoms with Crippen molar-refractivity contribution in [3.05, 3.63) is 60.2 Å². The van der Waals surface area contributed by atoms with E-state index < -0.39 is 0 Å². The summed E-state index contributed by atoms with van der Waals surface area (Å²) in [5.41, 5.74) is 3.07. The number of urea groups is 1. The Morgan fingerprint density at radius 2 is 1.67 bits per heavy atom. The predicted molar refractivity (Wildman–Crippen MR) is 119 cm³/mol. The Balaban J connectivity index is 1.43. The van der Waals surface area contributed by atoms with Crippen molar-refractivity contribution in [1.29, 1.82) is 0 Å². The third-order valence-corrected chi connectivity index (χ3v) is 5.38. The lowest BCUT2D eigenvalue weighted by atomic mass is 10.0. The molecule has 2 N–H and O–H groups in total. The molecule has 2 aromatic rings. The summed E-state index contributed by atoms with van der Waals surface area (Å²) in [6.45, 7) is 6.34. The molecule has 2 amide bonds. The maximum Gasteiger partial charge on any atom is 0.319 e. The number of nitrogens with zero attached hydrogens (tertiary/aromatic N) is 2. The average molecular weight is 411 g/mol. The first-order valence-electron chi connectivity index (χ1n) is 10.3. The van der Waals surface area contributed by atoms with Crippen LogP contribution in [0.1, 0.15) is 18.4 Å². The fourth-order valence-electron chi connectivity index (χ4n) is 3.49. The molecule has 0 aliphatic carbocycles. The van der Waals surface area contributed by atoms with Gasteiger partial charge in [0.05, 0.1) is 13.7 Å². The van der Waals surface area contributed by atoms with Crippen LogP contribution in [0.15, 0.2) is 54.6 Å². The molecule has 30 heavy (non-hydrogen) atoms. The number of carbonyl (C=O) groups is 2. The minimum absolute atomic E-state index is 0.199. The Bertz CT molecular complexity index is 818. The van der Waals surface area contributed by atoms with E-state index in [4.69, 9.17) is 4.74 Å². The Hall–Kier alpha value is -3.06. The molecule has 1 atom stereocenters. The molecule has 0 radical (unpaired) electrons. The van der Waals surface area contributed by atoms with Gasteiger partial charge in [0.1, 0.15) is 0 Å². The Kier molecular flexibility index (Phi) is 7.68. The molecule has 3 rings (SSSR count). The highest BCUT2D eigenvalue weighted by Crippen LogP contribution is 2.20. The smallest absolute Gasteiger partial charge is 0.319 e. The zero-order chi connectivity index (χ0) is 21.3. The second kappa shape index (κ2) is 10.6. The van der Waals surface area contributed by atoms with Gasteiger partial charge in [0, 0.05) is 44.1 Å². The number of rotatable bonds is 7. The monoisotopic (exact) mass is 410 g/mol. The van der Waals surface area contributed by atoms with Crippen molar-refractivity contribution in [2.45, 2.75) is 12.8 Å². The van der Waals surface area contributed by atoms with E-state index >= 15 is 0 Å². The fourth-order valence-corrected chi connectivity index (χ4v) is 3.49. The summed E-state index contributed by atoms with van der Waals surface area (Å²) >= 11 is 0. The van der Waals surface area contributed by atoms with Gasteiger partial charge in [-0.1, -0.05) is 37.3 Å². The van der Waals surface area contributed by atoms with Crippen molar-refractivity contribution in [2.75, 3.05) is 56.6 Å². The van der Waals surface area contributed by atoms with Gasteiger partial charge in [-0.05, 0) is 35.7 Å². The number of benzene rings is 2. The third kappa shape index (κ3) is 6.22. The number of esters is 1. The van der Waals surface area contributed by atoms with E-state index in [1.807, 2.05) is 42.5 Å². The van der Waals surface area contributed by atoms with Gasteiger partial charge in [-0.2, -0.15) is 0 Å². The van der Waals surface area contributed by atoms with Crippen molar-refractivity contribution >= 4 is 23.4 Å². The fraction of sp³-hybridized carbons (Fsp3) is 0.391. The van der Waals surface area contributed by atoms with Crippen LogP contribution in [-0.4, -0.2) is 63.3 Å². The van der Waals surface area contributed by atoms with Gasteiger partial charge in [0.2, 0.25) is 0 Å². The highest BCUT2D eigenvalue weighted by Gasteiger charge is 2.19. The Labute approximate surface area is 178 Å². The van der Waals surface area contributed by atoms with Crippen molar-refractivity contribution < 1.29 is 14.3 Å². The van der Waals surface area contributed by atoms with Crippen LogP contribution < -0.4 is 15.5 Å². The van der Waals surface area contributed by atoms with E-state index in [1.165, 1.54) is 12.7 Å². The molecule has 1 unspecified atom stereocenters. The minimum atomic E-state index is -0.207. The molecular formula is C23H30N4O3. The number of nitrogens with one attached hydrogen (secondary N) is 2. The van der Waals surface area contributed by atoms with Gasteiger partial charge in [0.15, 0.2) is 0 Å². The molecule has 0 saturated carbocycles. The maximum atomic E-state index is 12.2. The highest BCUT2D eigenvalue weighted by molar-refractivity contribution is 5.89. The lowest BCUT2D eigenvalue weighted by molar-refractivity contribution is -0.142. The topological polar surface area (TPSA) is 73.9 Å². The van der Waals surface area contributed by atoms with Crippen molar-refractivity contribution in [3.63, 3.8) is 0 Å². The summed E-state index contributed by atoms with van der Waals surface area (Å²) in [6, 6.07) is 17.8. The molecule has 0 bridgehead atoms. The molecule has 0 spiro atoms. The zero-order valence-electron chi connectivity index (χ0n) is 17.6. The van der Waals surface area contributed by atoms with Gasteiger partial charge >= 0.3 is 12.0 Å². The molecule has 7 heteroatoms. The van der Waals surface area contributed by atoms with Gasteiger partial charge in [-0.15, -0.1) is 0 Å². The summed E-state index contributed by atoms with van der Waals surface area (Å²) in [6.07, 6.45) is 0. The number of piperazine rings is 1. The standard InChI is InChI=1S/C23H30N4O3/c1-18(19-6-4-3-5-7-19)16-24-23(29)25-20-8-10-21(11-9-20)27-14-12-26(13-15-27)17-22(28)30-2/h3-11,18H,12-17H2,1-2H3,(H2,24,25,29). The molecule has 7 nitrogen and oxygen atoms in total.